The standard InChI is InChI=1S/C22H20ClN3O3/c1-26-10-9-24-22(26)21(14-3-5-16(23)6-4-14)25-20(27)11-15-13-29-19-12-17(28-2)7-8-18(15)19/h3-10,12-13,21H,11H2,1-2H3,(H,25,27)/t21-/m0/s1. The Morgan fingerprint density at radius 1 is 1.28 bits per heavy atom. The van der Waals surface area contributed by atoms with Gasteiger partial charge in [-0.1, -0.05) is 23.7 Å². The van der Waals surface area contributed by atoms with Crippen molar-refractivity contribution >= 4 is 28.5 Å². The minimum Gasteiger partial charge on any atom is -0.497 e. The fourth-order valence-electron chi connectivity index (χ4n) is 3.32. The van der Waals surface area contributed by atoms with Crippen LogP contribution in [0.25, 0.3) is 11.0 Å². The van der Waals surface area contributed by atoms with Crippen LogP contribution in [0.5, 0.6) is 5.75 Å². The van der Waals surface area contributed by atoms with Crippen LogP contribution in [0.2, 0.25) is 5.02 Å². The van der Waals surface area contributed by atoms with E-state index in [-0.39, 0.29) is 12.3 Å². The number of methoxy groups -OCH3 is 1. The number of hydrogen-bond donors (Lipinski definition) is 1. The highest BCUT2D eigenvalue weighted by atomic mass is 35.5. The summed E-state index contributed by atoms with van der Waals surface area (Å²) in [6.07, 6.45) is 5.36. The lowest BCUT2D eigenvalue weighted by molar-refractivity contribution is -0.121. The van der Waals surface area contributed by atoms with E-state index in [1.54, 1.807) is 37.8 Å². The normalized spacial score (nSPS) is 12.1. The van der Waals surface area contributed by atoms with Crippen LogP contribution in [-0.2, 0) is 18.3 Å². The first-order chi connectivity index (χ1) is 14.0. The predicted molar refractivity (Wildman–Crippen MR) is 111 cm³/mol. The summed E-state index contributed by atoms with van der Waals surface area (Å²) in [7, 11) is 3.50. The summed E-state index contributed by atoms with van der Waals surface area (Å²) in [5, 5.41) is 4.62. The highest BCUT2D eigenvalue weighted by molar-refractivity contribution is 6.30. The molecule has 7 heteroatoms. The smallest absolute Gasteiger partial charge is 0.225 e. The van der Waals surface area contributed by atoms with Gasteiger partial charge in [-0.05, 0) is 29.8 Å². The first-order valence-corrected chi connectivity index (χ1v) is 9.49. The second kappa shape index (κ2) is 8.01. The SMILES string of the molecule is COc1ccc2c(CC(=O)N[C@@H](c3ccc(Cl)cc3)c3nccn3C)coc2c1. The van der Waals surface area contributed by atoms with E-state index in [9.17, 15) is 4.79 Å². The summed E-state index contributed by atoms with van der Waals surface area (Å²) >= 11 is 6.02. The molecule has 0 aliphatic rings. The van der Waals surface area contributed by atoms with Crippen LogP contribution in [0.1, 0.15) is 23.0 Å². The lowest BCUT2D eigenvalue weighted by Gasteiger charge is -2.19. The molecule has 0 aliphatic heterocycles. The molecule has 0 unspecified atom stereocenters. The minimum absolute atomic E-state index is 0.133. The van der Waals surface area contributed by atoms with Gasteiger partial charge in [-0.15, -0.1) is 0 Å². The Balaban J connectivity index is 1.58. The number of fused-ring (bicyclic) bond motifs is 1. The first kappa shape index (κ1) is 19.1. The van der Waals surface area contributed by atoms with Crippen molar-refractivity contribution in [3.63, 3.8) is 0 Å². The molecule has 2 aromatic carbocycles. The summed E-state index contributed by atoms with van der Waals surface area (Å²) in [6.45, 7) is 0. The fourth-order valence-corrected chi connectivity index (χ4v) is 3.45. The molecular weight excluding hydrogens is 390 g/mol. The largest absolute Gasteiger partial charge is 0.497 e. The zero-order valence-electron chi connectivity index (χ0n) is 16.1. The quantitative estimate of drug-likeness (QED) is 0.516. The second-order valence-electron chi connectivity index (χ2n) is 6.75. The second-order valence-corrected chi connectivity index (χ2v) is 7.18. The van der Waals surface area contributed by atoms with Gasteiger partial charge < -0.3 is 19.0 Å². The molecule has 0 radical (unpaired) electrons. The van der Waals surface area contributed by atoms with Gasteiger partial charge in [0.15, 0.2) is 0 Å². The molecule has 2 heterocycles. The lowest BCUT2D eigenvalue weighted by Crippen LogP contribution is -2.32. The molecular formula is C22H20ClN3O3. The van der Waals surface area contributed by atoms with Gasteiger partial charge in [-0.25, -0.2) is 4.98 Å². The number of aromatic nitrogens is 2. The van der Waals surface area contributed by atoms with Gasteiger partial charge >= 0.3 is 0 Å². The summed E-state index contributed by atoms with van der Waals surface area (Å²) in [5.74, 6) is 1.31. The molecule has 0 aliphatic carbocycles. The number of carbonyl (C=O) groups is 1. The number of nitrogens with zero attached hydrogens (tertiary/aromatic N) is 2. The van der Waals surface area contributed by atoms with Gasteiger partial charge in [-0.3, -0.25) is 4.79 Å². The average Bonchev–Trinajstić information content (AvgIpc) is 3.32. The zero-order valence-corrected chi connectivity index (χ0v) is 16.8. The van der Waals surface area contributed by atoms with Crippen LogP contribution >= 0.6 is 11.6 Å². The number of amides is 1. The number of hydrogen-bond acceptors (Lipinski definition) is 4. The summed E-state index contributed by atoms with van der Waals surface area (Å²) in [4.78, 5) is 17.3. The maximum atomic E-state index is 12.9. The van der Waals surface area contributed by atoms with Crippen molar-refractivity contribution in [1.82, 2.24) is 14.9 Å². The molecule has 29 heavy (non-hydrogen) atoms. The molecule has 0 saturated carbocycles. The Morgan fingerprint density at radius 2 is 2.07 bits per heavy atom. The number of imidazole rings is 1. The lowest BCUT2D eigenvalue weighted by atomic mass is 10.0. The van der Waals surface area contributed by atoms with E-state index >= 15 is 0 Å². The molecule has 0 fully saturated rings. The Morgan fingerprint density at radius 3 is 2.76 bits per heavy atom. The van der Waals surface area contributed by atoms with Crippen LogP contribution < -0.4 is 10.1 Å². The molecule has 148 valence electrons. The van der Waals surface area contributed by atoms with Gasteiger partial charge in [0.25, 0.3) is 0 Å². The van der Waals surface area contributed by atoms with Crippen molar-refractivity contribution in [3.8, 4) is 5.75 Å². The molecule has 4 aromatic rings. The number of ether oxygens (including phenoxy) is 1. The third kappa shape index (κ3) is 3.98. The van der Waals surface area contributed by atoms with Gasteiger partial charge in [0.1, 0.15) is 23.2 Å². The molecule has 1 atom stereocenters. The van der Waals surface area contributed by atoms with Crippen molar-refractivity contribution in [1.29, 1.82) is 0 Å². The summed E-state index contributed by atoms with van der Waals surface area (Å²) in [5.41, 5.74) is 2.40. The highest BCUT2D eigenvalue weighted by Gasteiger charge is 2.21. The number of carbonyl (C=O) groups excluding carboxylic acids is 1. The average molecular weight is 410 g/mol. The van der Waals surface area contributed by atoms with E-state index in [0.717, 1.165) is 22.3 Å². The number of benzene rings is 2. The third-order valence-electron chi connectivity index (χ3n) is 4.84. The Bertz CT molecular complexity index is 1150. The summed E-state index contributed by atoms with van der Waals surface area (Å²) in [6, 6.07) is 12.5. The van der Waals surface area contributed by atoms with E-state index in [0.29, 0.717) is 16.4 Å². The van der Waals surface area contributed by atoms with Gasteiger partial charge in [-0.2, -0.15) is 0 Å². The van der Waals surface area contributed by atoms with Crippen LogP contribution in [0.15, 0.2) is 65.5 Å². The number of furan rings is 1. The van der Waals surface area contributed by atoms with Crippen molar-refractivity contribution < 1.29 is 13.9 Å². The van der Waals surface area contributed by atoms with Crippen LogP contribution in [0, 0.1) is 0 Å². The molecule has 2 aromatic heterocycles. The fraction of sp³-hybridized carbons (Fsp3) is 0.182. The topological polar surface area (TPSA) is 69.3 Å². The molecule has 0 bridgehead atoms. The van der Waals surface area contributed by atoms with Gasteiger partial charge in [0, 0.05) is 41.5 Å². The van der Waals surface area contributed by atoms with Crippen LogP contribution in [0.3, 0.4) is 0 Å². The van der Waals surface area contributed by atoms with E-state index in [4.69, 9.17) is 20.8 Å². The van der Waals surface area contributed by atoms with Gasteiger partial charge in [0.2, 0.25) is 5.91 Å². The van der Waals surface area contributed by atoms with Crippen molar-refractivity contribution in [2.75, 3.05) is 7.11 Å². The molecule has 4 rings (SSSR count). The maximum absolute atomic E-state index is 12.9. The van der Waals surface area contributed by atoms with Crippen LogP contribution in [-0.4, -0.2) is 22.6 Å². The third-order valence-corrected chi connectivity index (χ3v) is 5.09. The monoisotopic (exact) mass is 409 g/mol. The molecule has 6 nitrogen and oxygen atoms in total. The van der Waals surface area contributed by atoms with Crippen molar-refractivity contribution in [3.05, 3.63) is 83.1 Å². The highest BCUT2D eigenvalue weighted by Crippen LogP contribution is 2.27. The Labute approximate surface area is 173 Å². The molecule has 0 spiro atoms. The molecule has 0 saturated heterocycles. The van der Waals surface area contributed by atoms with E-state index in [2.05, 4.69) is 10.3 Å². The van der Waals surface area contributed by atoms with E-state index in [1.807, 2.05) is 42.1 Å². The van der Waals surface area contributed by atoms with Crippen molar-refractivity contribution in [2.45, 2.75) is 12.5 Å². The van der Waals surface area contributed by atoms with Gasteiger partial charge in [0.05, 0.1) is 19.8 Å². The van der Waals surface area contributed by atoms with Crippen LogP contribution in [0.4, 0.5) is 0 Å². The Hall–Kier alpha value is -3.25. The Kier molecular flexibility index (Phi) is 5.27. The number of halogens is 1. The number of aryl methyl sites for hydroxylation is 1. The summed E-state index contributed by atoms with van der Waals surface area (Å²) < 4.78 is 12.7. The van der Waals surface area contributed by atoms with Crippen molar-refractivity contribution in [2.24, 2.45) is 7.05 Å². The maximum Gasteiger partial charge on any atom is 0.225 e. The number of rotatable bonds is 6. The molecule has 1 amide bonds. The number of nitrogens with one attached hydrogen (secondary N) is 1. The first-order valence-electron chi connectivity index (χ1n) is 9.11. The zero-order chi connectivity index (χ0) is 20.4. The predicted octanol–water partition coefficient (Wildman–Crippen LogP) is 4.28. The van der Waals surface area contributed by atoms with E-state index < -0.39 is 6.04 Å². The molecule has 1 N–H and O–H groups in total. The van der Waals surface area contributed by atoms with E-state index in [1.165, 1.54) is 0 Å². The minimum atomic E-state index is -0.391.